The van der Waals surface area contributed by atoms with Gasteiger partial charge in [-0.15, -0.1) is 0 Å². The van der Waals surface area contributed by atoms with Crippen molar-refractivity contribution in [3.63, 3.8) is 0 Å². The van der Waals surface area contributed by atoms with E-state index in [4.69, 9.17) is 22.1 Å². The van der Waals surface area contributed by atoms with Crippen molar-refractivity contribution in [1.29, 1.82) is 0 Å². The van der Waals surface area contributed by atoms with E-state index in [0.717, 1.165) is 48.8 Å². The maximum absolute atomic E-state index is 14.4. The van der Waals surface area contributed by atoms with Crippen LogP contribution in [0.15, 0.2) is 48.5 Å². The molecule has 4 heterocycles. The second kappa shape index (κ2) is 17.7. The first-order valence-corrected chi connectivity index (χ1v) is 20.4. The lowest BCUT2D eigenvalue weighted by atomic mass is 9.89. The number of rotatable bonds is 5. The third-order valence-corrected chi connectivity index (χ3v) is 12.0. The molecule has 0 radical (unpaired) electrons. The summed E-state index contributed by atoms with van der Waals surface area (Å²) in [5.41, 5.74) is 2.27. The Morgan fingerprint density at radius 3 is 2.42 bits per heavy atom. The quantitative estimate of drug-likeness (QED) is 0.322. The van der Waals surface area contributed by atoms with E-state index in [1.165, 1.54) is 0 Å². The Labute approximate surface area is 330 Å². The van der Waals surface area contributed by atoms with Gasteiger partial charge in [-0.25, -0.2) is 4.79 Å². The summed E-state index contributed by atoms with van der Waals surface area (Å²) < 4.78 is 11.8. The van der Waals surface area contributed by atoms with Gasteiger partial charge >= 0.3 is 6.09 Å². The third-order valence-electron chi connectivity index (χ3n) is 11.5. The molecule has 6 rings (SSSR count). The first kappa shape index (κ1) is 40.4. The van der Waals surface area contributed by atoms with Crippen LogP contribution in [0.3, 0.4) is 0 Å². The highest BCUT2D eigenvalue weighted by molar-refractivity contribution is 7.82. The summed E-state index contributed by atoms with van der Waals surface area (Å²) in [5, 5.41) is 7.66. The highest BCUT2D eigenvalue weighted by Gasteiger charge is 2.48. The van der Waals surface area contributed by atoms with Crippen molar-refractivity contribution in [2.24, 2.45) is 11.8 Å². The molecule has 12 nitrogen and oxygen atoms in total. The van der Waals surface area contributed by atoms with Crippen LogP contribution in [0.4, 0.5) is 4.79 Å². The van der Waals surface area contributed by atoms with Crippen molar-refractivity contribution >= 4 is 42.4 Å². The van der Waals surface area contributed by atoms with Gasteiger partial charge in [-0.1, -0.05) is 36.4 Å². The van der Waals surface area contributed by atoms with Gasteiger partial charge < -0.3 is 35.2 Å². The number of aryl methyl sites for hydroxylation is 2. The first-order valence-electron chi connectivity index (χ1n) is 19.9. The fourth-order valence-corrected chi connectivity index (χ4v) is 8.83. The monoisotopic (exact) mass is 775 g/mol. The van der Waals surface area contributed by atoms with E-state index in [0.29, 0.717) is 44.7 Å². The predicted molar refractivity (Wildman–Crippen MR) is 211 cm³/mol. The zero-order chi connectivity index (χ0) is 39.3. The van der Waals surface area contributed by atoms with E-state index < -0.39 is 34.8 Å². The highest BCUT2D eigenvalue weighted by Crippen LogP contribution is 2.40. The van der Waals surface area contributed by atoms with Crippen molar-refractivity contribution < 1.29 is 33.4 Å². The molecule has 0 saturated carbocycles. The number of carbonyl (C=O) groups excluding carboxylic acids is 5. The summed E-state index contributed by atoms with van der Waals surface area (Å²) in [6.07, 6.45) is 5.26. The van der Waals surface area contributed by atoms with E-state index in [1.807, 2.05) is 76.2 Å². The van der Waals surface area contributed by atoms with Gasteiger partial charge in [0.15, 0.2) is 0 Å². The van der Waals surface area contributed by atoms with Gasteiger partial charge in [0.2, 0.25) is 23.6 Å². The number of piperidine rings is 2. The summed E-state index contributed by atoms with van der Waals surface area (Å²) in [7, 11) is 0. The lowest BCUT2D eigenvalue weighted by Crippen LogP contribution is -2.61. The van der Waals surface area contributed by atoms with Crippen LogP contribution >= 0.6 is 12.6 Å². The molecular formula is C42H57N5O7S. The first-order chi connectivity index (χ1) is 26.3. The average Bonchev–Trinajstić information content (AvgIpc) is 3.43. The van der Waals surface area contributed by atoms with Crippen molar-refractivity contribution in [1.82, 2.24) is 25.8 Å². The second-order valence-electron chi connectivity index (χ2n) is 16.7. The third kappa shape index (κ3) is 10.3. The van der Waals surface area contributed by atoms with Gasteiger partial charge in [0.05, 0.1) is 6.61 Å². The van der Waals surface area contributed by atoms with E-state index in [9.17, 15) is 24.0 Å². The smallest absolute Gasteiger partial charge is 0.410 e. The van der Waals surface area contributed by atoms with E-state index in [-0.39, 0.29) is 54.8 Å². The summed E-state index contributed by atoms with van der Waals surface area (Å²) in [6.45, 7) is 9.19. The molecule has 0 aromatic heterocycles. The van der Waals surface area contributed by atoms with E-state index in [1.54, 1.807) is 9.80 Å². The Kier molecular flexibility index (Phi) is 13.0. The Balaban J connectivity index is 1.25. The number of nitrogens with zero attached hydrogens (tertiary/aromatic N) is 2. The number of thiol groups is 1. The largest absolute Gasteiger partial charge is 0.494 e. The number of fused-ring (bicyclic) bond motifs is 6. The molecule has 0 spiro atoms. The zero-order valence-corrected chi connectivity index (χ0v) is 33.4. The summed E-state index contributed by atoms with van der Waals surface area (Å²) in [4.78, 5) is 73.2. The van der Waals surface area contributed by atoms with Crippen LogP contribution in [0.2, 0.25) is 0 Å². The molecule has 6 bridgehead atoms. The number of amides is 5. The Bertz CT molecular complexity index is 1700. The van der Waals surface area contributed by atoms with Crippen LogP contribution in [0.1, 0.15) is 88.8 Å². The van der Waals surface area contributed by atoms with E-state index >= 15 is 0 Å². The van der Waals surface area contributed by atoms with Crippen molar-refractivity contribution in [2.75, 3.05) is 19.7 Å². The minimum absolute atomic E-state index is 0.165. The molecule has 13 heteroatoms. The molecule has 6 atom stereocenters. The Hall–Kier alpha value is -4.26. The van der Waals surface area contributed by atoms with Crippen molar-refractivity contribution in [3.05, 3.63) is 65.2 Å². The fourth-order valence-electron chi connectivity index (χ4n) is 8.46. The molecular weight excluding hydrogens is 719 g/mol. The SMILES string of the molecule is Cc1ccc2cc1CNC(=O)[C@H](CCc1ccccc1)NC(=O)[C@@H](NC(=O)C1CC3CCC(C1)N3C(=O)OC(C)(C)C)C(S)C(=O)N1CCCC(CCO2)C1. The topological polar surface area (TPSA) is 146 Å². The maximum Gasteiger partial charge on any atom is 0.410 e. The molecule has 3 saturated heterocycles. The molecule has 4 aliphatic heterocycles. The number of hydrogen-bond donors (Lipinski definition) is 4. The van der Waals surface area contributed by atoms with Crippen LogP contribution < -0.4 is 20.7 Å². The Morgan fingerprint density at radius 2 is 1.71 bits per heavy atom. The van der Waals surface area contributed by atoms with Crippen LogP contribution in [0.25, 0.3) is 0 Å². The zero-order valence-electron chi connectivity index (χ0n) is 32.6. The lowest BCUT2D eigenvalue weighted by Gasteiger charge is -2.39. The summed E-state index contributed by atoms with van der Waals surface area (Å²) in [5.74, 6) is -1.31. The van der Waals surface area contributed by atoms with Gasteiger partial charge in [0, 0.05) is 37.6 Å². The minimum Gasteiger partial charge on any atom is -0.494 e. The molecule has 2 aromatic carbocycles. The van der Waals surface area contributed by atoms with Gasteiger partial charge in [0.25, 0.3) is 0 Å². The lowest BCUT2D eigenvalue weighted by molar-refractivity contribution is -0.138. The molecule has 4 aliphatic rings. The molecule has 4 unspecified atom stereocenters. The molecule has 2 aromatic rings. The van der Waals surface area contributed by atoms with Crippen molar-refractivity contribution in [2.45, 2.75) is 127 Å². The molecule has 3 N–H and O–H groups in total. The normalized spacial score (nSPS) is 27.9. The Morgan fingerprint density at radius 1 is 0.982 bits per heavy atom. The maximum atomic E-state index is 14.4. The molecule has 298 valence electrons. The highest BCUT2D eigenvalue weighted by atomic mass is 32.1. The van der Waals surface area contributed by atoms with Crippen LogP contribution in [0, 0.1) is 18.8 Å². The summed E-state index contributed by atoms with van der Waals surface area (Å²) >= 11 is 4.76. The number of hydrogen-bond acceptors (Lipinski definition) is 8. The number of carbonyl (C=O) groups is 5. The van der Waals surface area contributed by atoms with Gasteiger partial charge in [0.1, 0.15) is 28.7 Å². The van der Waals surface area contributed by atoms with Crippen LogP contribution in [-0.4, -0.2) is 94.2 Å². The number of ether oxygens (including phenoxy) is 2. The standard InChI is InChI=1S/C42H57N5O7S/c1-26-12-16-33-23-30(26)24-43-38(49)34(17-13-27-9-6-5-7-10-27)44-39(50)35(36(55)40(51)46-19-8-11-28(25-46)18-20-53-33)45-37(48)29-21-31-14-15-32(22-29)47(31)41(52)54-42(2,3)4/h5-7,9-10,12,16,23,28-29,31-32,34-36,55H,8,11,13-15,17-22,24-25H2,1-4H3,(H,43,49)(H,44,50)(H,45,48)/t28?,29?,31?,32?,34-,35-,36?/m0/s1. The van der Waals surface area contributed by atoms with Gasteiger partial charge in [-0.05, 0) is 120 Å². The predicted octanol–water partition coefficient (Wildman–Crippen LogP) is 4.71. The second-order valence-corrected chi connectivity index (χ2v) is 17.2. The van der Waals surface area contributed by atoms with Gasteiger partial charge in [-0.2, -0.15) is 12.6 Å². The molecule has 3 fully saturated rings. The van der Waals surface area contributed by atoms with Gasteiger partial charge in [-0.3, -0.25) is 19.2 Å². The molecule has 0 aliphatic carbocycles. The molecule has 55 heavy (non-hydrogen) atoms. The average molecular weight is 776 g/mol. The molecule has 5 amide bonds. The minimum atomic E-state index is -1.35. The summed E-state index contributed by atoms with van der Waals surface area (Å²) in [6, 6.07) is 12.9. The van der Waals surface area contributed by atoms with Crippen LogP contribution in [0.5, 0.6) is 5.75 Å². The van der Waals surface area contributed by atoms with E-state index in [2.05, 4.69) is 16.0 Å². The van der Waals surface area contributed by atoms with Crippen molar-refractivity contribution in [3.8, 4) is 5.75 Å². The van der Waals surface area contributed by atoms with Crippen LogP contribution in [-0.2, 0) is 36.9 Å². The number of nitrogens with one attached hydrogen (secondary N) is 3. The fraction of sp³-hybridized carbons (Fsp3) is 0.595. The number of benzene rings is 2.